The Morgan fingerprint density at radius 2 is 1.96 bits per heavy atom. The number of aliphatic hydroxyl groups excluding tert-OH is 1. The van der Waals surface area contributed by atoms with E-state index in [1.54, 1.807) is 4.52 Å². The lowest BCUT2D eigenvalue weighted by atomic mass is 9.91. The summed E-state index contributed by atoms with van der Waals surface area (Å²) in [7, 11) is 0. The first kappa shape index (κ1) is 14.6. The van der Waals surface area contributed by atoms with Gasteiger partial charge in [0.25, 0.3) is 11.7 Å². The highest BCUT2D eigenvalue weighted by Gasteiger charge is 2.44. The average molecular weight is 315 g/mol. The van der Waals surface area contributed by atoms with Crippen molar-refractivity contribution in [3.8, 4) is 0 Å². The fourth-order valence-electron chi connectivity index (χ4n) is 4.14. The highest BCUT2D eigenvalue weighted by molar-refractivity contribution is 5.91. The number of aliphatic hydroxyl groups is 1. The smallest absolute Gasteiger partial charge is 0.294 e. The predicted molar refractivity (Wildman–Crippen MR) is 83.0 cm³/mol. The Kier molecular flexibility index (Phi) is 3.33. The number of fused-ring (bicyclic) bond motifs is 3. The zero-order chi connectivity index (χ0) is 16.1. The van der Waals surface area contributed by atoms with Crippen molar-refractivity contribution >= 4 is 11.7 Å². The van der Waals surface area contributed by atoms with Crippen molar-refractivity contribution in [2.75, 3.05) is 6.61 Å². The number of rotatable bonds is 2. The van der Waals surface area contributed by atoms with Gasteiger partial charge in [0.2, 0.25) is 5.82 Å². The third-order valence-electron chi connectivity index (χ3n) is 5.13. The zero-order valence-corrected chi connectivity index (χ0v) is 13.4. The van der Waals surface area contributed by atoms with Gasteiger partial charge in [0.15, 0.2) is 0 Å². The van der Waals surface area contributed by atoms with Crippen molar-refractivity contribution in [2.24, 2.45) is 5.92 Å². The molecule has 0 aliphatic carbocycles. The molecule has 1 N–H and O–H groups in total. The Bertz CT molecular complexity index is 757. The number of carbonyl (C=O) groups is 1. The Morgan fingerprint density at radius 3 is 2.61 bits per heavy atom. The maximum absolute atomic E-state index is 12.9. The Labute approximate surface area is 134 Å². The summed E-state index contributed by atoms with van der Waals surface area (Å²) in [4.78, 5) is 23.6. The maximum atomic E-state index is 12.9. The third-order valence-corrected chi connectivity index (χ3v) is 5.13. The number of hydrogen-bond donors (Lipinski definition) is 1. The van der Waals surface area contributed by atoms with Crippen LogP contribution in [0, 0.1) is 19.8 Å². The minimum absolute atomic E-state index is 0.101. The van der Waals surface area contributed by atoms with Gasteiger partial charge >= 0.3 is 0 Å². The summed E-state index contributed by atoms with van der Waals surface area (Å²) in [6, 6.07) is 2.34. The average Bonchev–Trinajstić information content (AvgIpc) is 3.05. The van der Waals surface area contributed by atoms with Gasteiger partial charge in [-0.3, -0.25) is 4.79 Å². The van der Waals surface area contributed by atoms with E-state index in [1.165, 1.54) is 0 Å². The number of nitrogens with zero attached hydrogens (tertiary/aromatic N) is 5. The topological polar surface area (TPSA) is 83.6 Å². The van der Waals surface area contributed by atoms with Gasteiger partial charge in [-0.15, -0.1) is 5.10 Å². The van der Waals surface area contributed by atoms with Crippen molar-refractivity contribution < 1.29 is 9.90 Å². The van der Waals surface area contributed by atoms with Crippen LogP contribution in [0.1, 0.15) is 47.7 Å². The van der Waals surface area contributed by atoms with Crippen LogP contribution in [0.5, 0.6) is 0 Å². The van der Waals surface area contributed by atoms with Crippen LogP contribution in [0.15, 0.2) is 6.07 Å². The Hall–Kier alpha value is -2.02. The van der Waals surface area contributed by atoms with Gasteiger partial charge in [0.1, 0.15) is 0 Å². The van der Waals surface area contributed by atoms with Crippen LogP contribution in [-0.2, 0) is 0 Å². The first-order valence-electron chi connectivity index (χ1n) is 8.21. The third kappa shape index (κ3) is 2.30. The van der Waals surface area contributed by atoms with Gasteiger partial charge < -0.3 is 10.0 Å². The number of aromatic nitrogens is 4. The Morgan fingerprint density at radius 1 is 1.26 bits per heavy atom. The van der Waals surface area contributed by atoms with Crippen molar-refractivity contribution in [1.29, 1.82) is 0 Å². The number of amides is 1. The standard InChI is InChI=1S/C16H21N5O2/c1-9-5-10(2)21-16(17-9)18-14(19-21)15(23)20-12-3-4-13(20)7-11(6-12)8-22/h5,11-13,22H,3-4,6-8H2,1-2H3/t11?,12-,13+. The molecule has 7 nitrogen and oxygen atoms in total. The summed E-state index contributed by atoms with van der Waals surface area (Å²) in [6.07, 6.45) is 3.78. The summed E-state index contributed by atoms with van der Waals surface area (Å²) in [5.41, 5.74) is 1.78. The zero-order valence-electron chi connectivity index (χ0n) is 13.4. The molecule has 2 aliphatic rings. The predicted octanol–water partition coefficient (Wildman–Crippen LogP) is 1.12. The van der Waals surface area contributed by atoms with E-state index in [-0.39, 0.29) is 30.4 Å². The van der Waals surface area contributed by atoms with E-state index >= 15 is 0 Å². The molecule has 7 heteroatoms. The minimum Gasteiger partial charge on any atom is -0.396 e. The molecule has 3 atom stereocenters. The van der Waals surface area contributed by atoms with Crippen LogP contribution in [0.2, 0.25) is 0 Å². The fraction of sp³-hybridized carbons (Fsp3) is 0.625. The molecule has 0 aromatic carbocycles. The lowest BCUT2D eigenvalue weighted by Gasteiger charge is -2.37. The van der Waals surface area contributed by atoms with Crippen LogP contribution < -0.4 is 0 Å². The van der Waals surface area contributed by atoms with Crippen LogP contribution in [0.4, 0.5) is 0 Å². The highest BCUT2D eigenvalue weighted by Crippen LogP contribution is 2.39. The quantitative estimate of drug-likeness (QED) is 0.898. The molecule has 1 amide bonds. The fourth-order valence-corrected chi connectivity index (χ4v) is 4.14. The second kappa shape index (κ2) is 5.26. The lowest BCUT2D eigenvalue weighted by molar-refractivity contribution is 0.0442. The molecule has 2 aromatic rings. The molecule has 2 aliphatic heterocycles. The van der Waals surface area contributed by atoms with Gasteiger partial charge in [-0.1, -0.05) is 0 Å². The normalized spacial score (nSPS) is 26.9. The molecule has 122 valence electrons. The van der Waals surface area contributed by atoms with Crippen LogP contribution in [0.25, 0.3) is 5.78 Å². The van der Waals surface area contributed by atoms with Gasteiger partial charge in [-0.05, 0) is 51.5 Å². The molecule has 4 heterocycles. The molecule has 2 bridgehead atoms. The summed E-state index contributed by atoms with van der Waals surface area (Å²) >= 11 is 0. The summed E-state index contributed by atoms with van der Waals surface area (Å²) in [5, 5.41) is 13.8. The number of carbonyl (C=O) groups excluding carboxylic acids is 1. The first-order chi connectivity index (χ1) is 11.1. The van der Waals surface area contributed by atoms with E-state index in [0.717, 1.165) is 37.1 Å². The highest BCUT2D eigenvalue weighted by atomic mass is 16.3. The van der Waals surface area contributed by atoms with E-state index in [9.17, 15) is 9.90 Å². The van der Waals surface area contributed by atoms with Crippen molar-refractivity contribution in [1.82, 2.24) is 24.5 Å². The van der Waals surface area contributed by atoms with E-state index in [0.29, 0.717) is 11.7 Å². The van der Waals surface area contributed by atoms with E-state index < -0.39 is 0 Å². The van der Waals surface area contributed by atoms with Crippen molar-refractivity contribution in [3.63, 3.8) is 0 Å². The molecule has 23 heavy (non-hydrogen) atoms. The second-order valence-corrected chi connectivity index (χ2v) is 6.80. The molecule has 2 aromatic heterocycles. The summed E-state index contributed by atoms with van der Waals surface area (Å²) in [6.45, 7) is 4.05. The second-order valence-electron chi connectivity index (χ2n) is 6.80. The molecule has 2 saturated heterocycles. The van der Waals surface area contributed by atoms with Gasteiger partial charge in [-0.2, -0.15) is 4.98 Å². The van der Waals surface area contributed by atoms with Gasteiger partial charge in [0.05, 0.1) is 0 Å². The molecule has 2 fully saturated rings. The molecule has 0 radical (unpaired) electrons. The lowest BCUT2D eigenvalue weighted by Crippen LogP contribution is -2.47. The maximum Gasteiger partial charge on any atom is 0.294 e. The molecular formula is C16H21N5O2. The van der Waals surface area contributed by atoms with E-state index in [1.807, 2.05) is 24.8 Å². The number of aryl methyl sites for hydroxylation is 2. The molecule has 0 saturated carbocycles. The van der Waals surface area contributed by atoms with E-state index in [4.69, 9.17) is 0 Å². The number of hydrogen-bond acceptors (Lipinski definition) is 5. The van der Waals surface area contributed by atoms with Gasteiger partial charge in [0, 0.05) is 30.1 Å². The number of piperidine rings is 1. The van der Waals surface area contributed by atoms with Crippen molar-refractivity contribution in [2.45, 2.75) is 51.6 Å². The summed E-state index contributed by atoms with van der Waals surface area (Å²) < 4.78 is 1.63. The minimum atomic E-state index is -0.101. The molecule has 1 unspecified atom stereocenters. The molecule has 0 spiro atoms. The SMILES string of the molecule is Cc1cc(C)n2nc(C(=O)N3[C@@H]4CC[C@H]3CC(CO)C4)nc2n1. The Balaban J connectivity index is 1.66. The van der Waals surface area contributed by atoms with Crippen LogP contribution in [-0.4, -0.2) is 54.2 Å². The molecule has 4 rings (SSSR count). The largest absolute Gasteiger partial charge is 0.396 e. The van der Waals surface area contributed by atoms with Crippen LogP contribution >= 0.6 is 0 Å². The van der Waals surface area contributed by atoms with Crippen molar-refractivity contribution in [3.05, 3.63) is 23.3 Å². The first-order valence-corrected chi connectivity index (χ1v) is 8.21. The molecular weight excluding hydrogens is 294 g/mol. The summed E-state index contributed by atoms with van der Waals surface area (Å²) in [5.74, 6) is 0.919. The van der Waals surface area contributed by atoms with Gasteiger partial charge in [-0.25, -0.2) is 9.50 Å². The van der Waals surface area contributed by atoms with E-state index in [2.05, 4.69) is 15.1 Å². The monoisotopic (exact) mass is 315 g/mol. The van der Waals surface area contributed by atoms with Crippen LogP contribution in [0.3, 0.4) is 0 Å².